The van der Waals surface area contributed by atoms with Crippen molar-refractivity contribution in [3.63, 3.8) is 0 Å². The third kappa shape index (κ3) is 6.08. The monoisotopic (exact) mass is 227 g/mol. The fourth-order valence-electron chi connectivity index (χ4n) is 1.98. The third-order valence-corrected chi connectivity index (χ3v) is 3.01. The Hall–Kier alpha value is -0.610. The number of rotatable bonds is 6. The molecule has 0 aliphatic carbocycles. The van der Waals surface area contributed by atoms with E-state index in [1.807, 2.05) is 14.1 Å². The zero-order valence-electron chi connectivity index (χ0n) is 10.6. The summed E-state index contributed by atoms with van der Waals surface area (Å²) in [5.74, 6) is 0.189. The standard InChI is InChI=1S/C12H25N3O/c1-15(2)10-9-14-12(16)7-6-11-5-3-4-8-13-11/h11,13H,3-10H2,1-2H3,(H,14,16). The van der Waals surface area contributed by atoms with Crippen molar-refractivity contribution in [3.8, 4) is 0 Å². The van der Waals surface area contributed by atoms with Gasteiger partial charge in [0.2, 0.25) is 5.91 Å². The predicted molar refractivity (Wildman–Crippen MR) is 66.4 cm³/mol. The molecule has 0 saturated carbocycles. The lowest BCUT2D eigenvalue weighted by molar-refractivity contribution is -0.121. The summed E-state index contributed by atoms with van der Waals surface area (Å²) >= 11 is 0. The van der Waals surface area contributed by atoms with E-state index in [1.54, 1.807) is 0 Å². The lowest BCUT2D eigenvalue weighted by Gasteiger charge is -2.23. The molecule has 1 saturated heterocycles. The van der Waals surface area contributed by atoms with Crippen LogP contribution < -0.4 is 10.6 Å². The Balaban J connectivity index is 2.00. The van der Waals surface area contributed by atoms with Gasteiger partial charge in [0.05, 0.1) is 0 Å². The largest absolute Gasteiger partial charge is 0.355 e. The third-order valence-electron chi connectivity index (χ3n) is 3.01. The van der Waals surface area contributed by atoms with E-state index < -0.39 is 0 Å². The number of piperidine rings is 1. The van der Waals surface area contributed by atoms with Gasteiger partial charge in [-0.15, -0.1) is 0 Å². The van der Waals surface area contributed by atoms with E-state index in [2.05, 4.69) is 15.5 Å². The highest BCUT2D eigenvalue weighted by atomic mass is 16.1. The van der Waals surface area contributed by atoms with Gasteiger partial charge in [-0.3, -0.25) is 4.79 Å². The van der Waals surface area contributed by atoms with Crippen LogP contribution in [0.15, 0.2) is 0 Å². The molecule has 4 heteroatoms. The van der Waals surface area contributed by atoms with Crippen LogP contribution in [-0.2, 0) is 4.79 Å². The van der Waals surface area contributed by atoms with Crippen molar-refractivity contribution in [2.45, 2.75) is 38.1 Å². The zero-order valence-corrected chi connectivity index (χ0v) is 10.6. The van der Waals surface area contributed by atoms with Crippen LogP contribution in [0.1, 0.15) is 32.1 Å². The molecular formula is C12H25N3O. The first-order valence-electron chi connectivity index (χ1n) is 6.33. The molecule has 0 bridgehead atoms. The zero-order chi connectivity index (χ0) is 11.8. The number of amides is 1. The predicted octanol–water partition coefficient (Wildman–Crippen LogP) is 0.587. The van der Waals surface area contributed by atoms with Gasteiger partial charge in [0, 0.05) is 25.6 Å². The molecule has 0 aromatic carbocycles. The fourth-order valence-corrected chi connectivity index (χ4v) is 1.98. The molecule has 0 spiro atoms. The summed E-state index contributed by atoms with van der Waals surface area (Å²) in [6.45, 7) is 2.78. The Labute approximate surface area is 98.8 Å². The lowest BCUT2D eigenvalue weighted by atomic mass is 10.0. The Bertz CT molecular complexity index is 200. The summed E-state index contributed by atoms with van der Waals surface area (Å²) in [4.78, 5) is 13.6. The molecule has 1 heterocycles. The topological polar surface area (TPSA) is 44.4 Å². The van der Waals surface area contributed by atoms with Gasteiger partial charge in [0.25, 0.3) is 0 Å². The number of hydrogen-bond acceptors (Lipinski definition) is 3. The molecule has 0 aromatic rings. The maximum absolute atomic E-state index is 11.5. The van der Waals surface area contributed by atoms with Gasteiger partial charge in [-0.2, -0.15) is 0 Å². The number of hydrogen-bond donors (Lipinski definition) is 2. The summed E-state index contributed by atoms with van der Waals surface area (Å²) in [7, 11) is 4.02. The molecule has 1 amide bonds. The first-order chi connectivity index (χ1) is 7.68. The maximum atomic E-state index is 11.5. The molecule has 2 N–H and O–H groups in total. The first-order valence-corrected chi connectivity index (χ1v) is 6.33. The summed E-state index contributed by atoms with van der Waals surface area (Å²) in [5.41, 5.74) is 0. The van der Waals surface area contributed by atoms with E-state index in [4.69, 9.17) is 0 Å². The van der Waals surface area contributed by atoms with E-state index in [0.29, 0.717) is 12.5 Å². The molecule has 94 valence electrons. The average Bonchev–Trinajstić information content (AvgIpc) is 2.27. The second-order valence-electron chi connectivity index (χ2n) is 4.84. The SMILES string of the molecule is CN(C)CCNC(=O)CCC1CCCCN1. The molecule has 1 fully saturated rings. The van der Waals surface area contributed by atoms with Crippen LogP contribution in [0.5, 0.6) is 0 Å². The summed E-state index contributed by atoms with van der Waals surface area (Å²) < 4.78 is 0. The van der Waals surface area contributed by atoms with Crippen LogP contribution in [-0.4, -0.2) is 50.6 Å². The van der Waals surface area contributed by atoms with Gasteiger partial charge in [0.15, 0.2) is 0 Å². The van der Waals surface area contributed by atoms with Crippen molar-refractivity contribution in [2.75, 3.05) is 33.7 Å². The minimum atomic E-state index is 0.189. The number of nitrogens with zero attached hydrogens (tertiary/aromatic N) is 1. The minimum absolute atomic E-state index is 0.189. The highest BCUT2D eigenvalue weighted by Crippen LogP contribution is 2.11. The highest BCUT2D eigenvalue weighted by Gasteiger charge is 2.13. The van der Waals surface area contributed by atoms with Crippen LogP contribution in [0.2, 0.25) is 0 Å². The molecule has 0 aromatic heterocycles. The van der Waals surface area contributed by atoms with E-state index in [1.165, 1.54) is 19.3 Å². The van der Waals surface area contributed by atoms with Crippen molar-refractivity contribution >= 4 is 5.91 Å². The average molecular weight is 227 g/mol. The molecule has 1 aliphatic heterocycles. The number of likely N-dealkylation sites (N-methyl/N-ethyl adjacent to an activating group) is 1. The molecule has 1 rings (SSSR count). The number of carbonyl (C=O) groups is 1. The van der Waals surface area contributed by atoms with Gasteiger partial charge >= 0.3 is 0 Å². The van der Waals surface area contributed by atoms with Crippen LogP contribution in [0.3, 0.4) is 0 Å². The normalized spacial score (nSPS) is 21.1. The Morgan fingerprint density at radius 2 is 2.25 bits per heavy atom. The summed E-state index contributed by atoms with van der Waals surface area (Å²) in [5, 5.41) is 6.41. The Kier molecular flexibility index (Phi) is 6.42. The minimum Gasteiger partial charge on any atom is -0.355 e. The van der Waals surface area contributed by atoms with E-state index in [0.717, 1.165) is 26.1 Å². The molecule has 1 atom stereocenters. The van der Waals surface area contributed by atoms with E-state index in [-0.39, 0.29) is 5.91 Å². The van der Waals surface area contributed by atoms with Gasteiger partial charge in [-0.25, -0.2) is 0 Å². The van der Waals surface area contributed by atoms with Crippen LogP contribution in [0.25, 0.3) is 0 Å². The smallest absolute Gasteiger partial charge is 0.220 e. The van der Waals surface area contributed by atoms with Crippen LogP contribution in [0.4, 0.5) is 0 Å². The van der Waals surface area contributed by atoms with Crippen molar-refractivity contribution in [3.05, 3.63) is 0 Å². The molecule has 16 heavy (non-hydrogen) atoms. The Morgan fingerprint density at radius 3 is 2.88 bits per heavy atom. The van der Waals surface area contributed by atoms with Crippen molar-refractivity contribution in [1.82, 2.24) is 15.5 Å². The molecule has 0 radical (unpaired) electrons. The van der Waals surface area contributed by atoms with E-state index >= 15 is 0 Å². The van der Waals surface area contributed by atoms with Gasteiger partial charge in [0.1, 0.15) is 0 Å². The molecule has 1 aliphatic rings. The maximum Gasteiger partial charge on any atom is 0.220 e. The summed E-state index contributed by atoms with van der Waals surface area (Å²) in [6, 6.07) is 0.563. The second kappa shape index (κ2) is 7.63. The first kappa shape index (κ1) is 13.5. The number of carbonyl (C=O) groups excluding carboxylic acids is 1. The van der Waals surface area contributed by atoms with Crippen molar-refractivity contribution < 1.29 is 4.79 Å². The highest BCUT2D eigenvalue weighted by molar-refractivity contribution is 5.75. The quantitative estimate of drug-likeness (QED) is 0.698. The van der Waals surface area contributed by atoms with E-state index in [9.17, 15) is 4.79 Å². The summed E-state index contributed by atoms with van der Waals surface area (Å²) in [6.07, 6.45) is 5.45. The van der Waals surface area contributed by atoms with Crippen molar-refractivity contribution in [2.24, 2.45) is 0 Å². The van der Waals surface area contributed by atoms with Gasteiger partial charge in [-0.05, 0) is 39.9 Å². The van der Waals surface area contributed by atoms with Gasteiger partial charge < -0.3 is 15.5 Å². The van der Waals surface area contributed by atoms with Crippen LogP contribution in [0, 0.1) is 0 Å². The van der Waals surface area contributed by atoms with Gasteiger partial charge in [-0.1, -0.05) is 6.42 Å². The van der Waals surface area contributed by atoms with Crippen LogP contribution >= 0.6 is 0 Å². The molecule has 4 nitrogen and oxygen atoms in total. The molecule has 1 unspecified atom stereocenters. The second-order valence-corrected chi connectivity index (χ2v) is 4.84. The van der Waals surface area contributed by atoms with Crippen molar-refractivity contribution in [1.29, 1.82) is 0 Å². The lowest BCUT2D eigenvalue weighted by Crippen LogP contribution is -2.36. The number of nitrogens with one attached hydrogen (secondary N) is 2. The fraction of sp³-hybridized carbons (Fsp3) is 0.917. The molecular weight excluding hydrogens is 202 g/mol. The Morgan fingerprint density at radius 1 is 1.44 bits per heavy atom.